The molecule has 0 spiro atoms. The van der Waals surface area contributed by atoms with Gasteiger partial charge in [-0.25, -0.2) is 9.97 Å². The standard InChI is InChI=1S/C14H24N4O/c1-4-12-16-13(15-2)9-14(17-12)18-7-5-11(6-8-18)10-19-3/h9,11H,4-8,10H2,1-3H3,(H,15,16,17). The number of anilines is 2. The fourth-order valence-electron chi connectivity index (χ4n) is 2.50. The first-order valence-corrected chi connectivity index (χ1v) is 7.06. The lowest BCUT2D eigenvalue weighted by molar-refractivity contribution is 0.139. The Kier molecular flexibility index (Phi) is 4.96. The Morgan fingerprint density at radius 3 is 2.68 bits per heavy atom. The molecule has 0 radical (unpaired) electrons. The van der Waals surface area contributed by atoms with E-state index in [4.69, 9.17) is 4.74 Å². The maximum absolute atomic E-state index is 5.24. The monoisotopic (exact) mass is 264 g/mol. The van der Waals surface area contributed by atoms with Gasteiger partial charge in [0, 0.05) is 46.3 Å². The van der Waals surface area contributed by atoms with E-state index in [9.17, 15) is 0 Å². The van der Waals surface area contributed by atoms with Gasteiger partial charge in [-0.2, -0.15) is 0 Å². The number of piperidine rings is 1. The van der Waals surface area contributed by atoms with Crippen LogP contribution in [0.3, 0.4) is 0 Å². The van der Waals surface area contributed by atoms with Crippen molar-refractivity contribution in [1.29, 1.82) is 0 Å². The molecule has 5 heteroatoms. The van der Waals surface area contributed by atoms with Crippen molar-refractivity contribution in [1.82, 2.24) is 9.97 Å². The van der Waals surface area contributed by atoms with Gasteiger partial charge in [0.15, 0.2) is 0 Å². The largest absolute Gasteiger partial charge is 0.384 e. The summed E-state index contributed by atoms with van der Waals surface area (Å²) in [5.41, 5.74) is 0. The molecule has 2 heterocycles. The summed E-state index contributed by atoms with van der Waals surface area (Å²) in [6, 6.07) is 2.04. The first kappa shape index (κ1) is 14.1. The summed E-state index contributed by atoms with van der Waals surface area (Å²) in [5.74, 6) is 3.55. The Labute approximate surface area is 115 Å². The van der Waals surface area contributed by atoms with Crippen molar-refractivity contribution in [3.05, 3.63) is 11.9 Å². The Morgan fingerprint density at radius 2 is 2.11 bits per heavy atom. The van der Waals surface area contributed by atoms with Gasteiger partial charge in [0.2, 0.25) is 0 Å². The van der Waals surface area contributed by atoms with Gasteiger partial charge in [-0.3, -0.25) is 0 Å². The van der Waals surface area contributed by atoms with E-state index < -0.39 is 0 Å². The molecule has 0 atom stereocenters. The van der Waals surface area contributed by atoms with Crippen molar-refractivity contribution in [3.63, 3.8) is 0 Å². The van der Waals surface area contributed by atoms with Gasteiger partial charge in [-0.1, -0.05) is 6.92 Å². The van der Waals surface area contributed by atoms with E-state index in [1.165, 1.54) is 12.8 Å². The van der Waals surface area contributed by atoms with E-state index in [0.717, 1.165) is 43.6 Å². The van der Waals surface area contributed by atoms with Crippen LogP contribution in [0.5, 0.6) is 0 Å². The second-order valence-corrected chi connectivity index (χ2v) is 5.02. The van der Waals surface area contributed by atoms with Crippen molar-refractivity contribution in [2.24, 2.45) is 5.92 Å². The highest BCUT2D eigenvalue weighted by Crippen LogP contribution is 2.23. The number of aryl methyl sites for hydroxylation is 1. The van der Waals surface area contributed by atoms with Crippen LogP contribution in [-0.2, 0) is 11.2 Å². The Morgan fingerprint density at radius 1 is 1.37 bits per heavy atom. The molecule has 0 aliphatic carbocycles. The minimum absolute atomic E-state index is 0.692. The van der Waals surface area contributed by atoms with Crippen LogP contribution >= 0.6 is 0 Å². The molecular formula is C14H24N4O. The van der Waals surface area contributed by atoms with Gasteiger partial charge < -0.3 is 15.0 Å². The molecule has 0 bridgehead atoms. The van der Waals surface area contributed by atoms with Gasteiger partial charge in [0.05, 0.1) is 0 Å². The number of aromatic nitrogens is 2. The van der Waals surface area contributed by atoms with E-state index in [-0.39, 0.29) is 0 Å². The average molecular weight is 264 g/mol. The van der Waals surface area contributed by atoms with E-state index in [0.29, 0.717) is 5.92 Å². The predicted molar refractivity (Wildman–Crippen MR) is 77.8 cm³/mol. The summed E-state index contributed by atoms with van der Waals surface area (Å²) in [5, 5.41) is 3.11. The molecule has 1 aliphatic heterocycles. The third-order valence-electron chi connectivity index (χ3n) is 3.67. The third kappa shape index (κ3) is 3.56. The quantitative estimate of drug-likeness (QED) is 0.881. The molecule has 0 unspecified atom stereocenters. The smallest absolute Gasteiger partial charge is 0.134 e. The van der Waals surface area contributed by atoms with Crippen molar-refractivity contribution in [2.45, 2.75) is 26.2 Å². The number of nitrogens with zero attached hydrogens (tertiary/aromatic N) is 3. The van der Waals surface area contributed by atoms with Crippen molar-refractivity contribution >= 4 is 11.6 Å². The molecule has 2 rings (SSSR count). The number of methoxy groups -OCH3 is 1. The molecule has 19 heavy (non-hydrogen) atoms. The highest BCUT2D eigenvalue weighted by atomic mass is 16.5. The Hall–Kier alpha value is -1.36. The fraction of sp³-hybridized carbons (Fsp3) is 0.714. The van der Waals surface area contributed by atoms with Gasteiger partial charge in [-0.15, -0.1) is 0 Å². The highest BCUT2D eigenvalue weighted by Gasteiger charge is 2.20. The number of ether oxygens (including phenoxy) is 1. The van der Waals surface area contributed by atoms with Crippen LogP contribution in [0, 0.1) is 5.92 Å². The summed E-state index contributed by atoms with van der Waals surface area (Å²) >= 11 is 0. The lowest BCUT2D eigenvalue weighted by atomic mass is 9.98. The maximum Gasteiger partial charge on any atom is 0.134 e. The predicted octanol–water partition coefficient (Wildman–Crippen LogP) is 1.94. The molecule has 106 valence electrons. The Bertz CT molecular complexity index is 380. The molecule has 1 aromatic heterocycles. The molecule has 1 aliphatic rings. The SMILES string of the molecule is CCc1nc(NC)cc(N2CCC(COC)CC2)n1. The lowest BCUT2D eigenvalue weighted by Gasteiger charge is -2.32. The summed E-state index contributed by atoms with van der Waals surface area (Å²) in [6.45, 7) is 5.07. The summed E-state index contributed by atoms with van der Waals surface area (Å²) in [4.78, 5) is 11.4. The Balaban J connectivity index is 2.06. The second-order valence-electron chi connectivity index (χ2n) is 5.02. The minimum atomic E-state index is 0.692. The number of nitrogens with one attached hydrogen (secondary N) is 1. The van der Waals surface area contributed by atoms with E-state index in [1.54, 1.807) is 7.11 Å². The van der Waals surface area contributed by atoms with Crippen LogP contribution in [0.2, 0.25) is 0 Å². The van der Waals surface area contributed by atoms with E-state index in [2.05, 4.69) is 27.1 Å². The average Bonchev–Trinajstić information content (AvgIpc) is 2.47. The second kappa shape index (κ2) is 6.70. The van der Waals surface area contributed by atoms with Gasteiger partial charge in [0.1, 0.15) is 17.5 Å². The topological polar surface area (TPSA) is 50.3 Å². The van der Waals surface area contributed by atoms with Crippen LogP contribution in [0.1, 0.15) is 25.6 Å². The van der Waals surface area contributed by atoms with E-state index in [1.807, 2.05) is 13.1 Å². The molecule has 1 N–H and O–H groups in total. The maximum atomic E-state index is 5.24. The number of rotatable bonds is 5. The highest BCUT2D eigenvalue weighted by molar-refractivity contribution is 5.49. The normalized spacial score (nSPS) is 16.7. The molecule has 0 amide bonds. The van der Waals surface area contributed by atoms with E-state index >= 15 is 0 Å². The van der Waals surface area contributed by atoms with Crippen molar-refractivity contribution < 1.29 is 4.74 Å². The van der Waals surface area contributed by atoms with Gasteiger partial charge in [0.25, 0.3) is 0 Å². The molecule has 1 aromatic rings. The molecular weight excluding hydrogens is 240 g/mol. The molecule has 1 saturated heterocycles. The third-order valence-corrected chi connectivity index (χ3v) is 3.67. The van der Waals surface area contributed by atoms with Crippen LogP contribution in [0.15, 0.2) is 6.07 Å². The summed E-state index contributed by atoms with van der Waals surface area (Å²) in [7, 11) is 3.68. The van der Waals surface area contributed by atoms with Crippen LogP contribution in [0.25, 0.3) is 0 Å². The molecule has 1 fully saturated rings. The van der Waals surface area contributed by atoms with Crippen LogP contribution < -0.4 is 10.2 Å². The van der Waals surface area contributed by atoms with Gasteiger partial charge >= 0.3 is 0 Å². The zero-order valence-electron chi connectivity index (χ0n) is 12.1. The lowest BCUT2D eigenvalue weighted by Crippen LogP contribution is -2.35. The first-order valence-electron chi connectivity index (χ1n) is 7.06. The first-order chi connectivity index (χ1) is 9.26. The van der Waals surface area contributed by atoms with Crippen LogP contribution in [0.4, 0.5) is 11.6 Å². The molecule has 0 aromatic carbocycles. The summed E-state index contributed by atoms with van der Waals surface area (Å²) < 4.78 is 5.24. The zero-order valence-corrected chi connectivity index (χ0v) is 12.1. The van der Waals surface area contributed by atoms with Gasteiger partial charge in [-0.05, 0) is 18.8 Å². The fourth-order valence-corrected chi connectivity index (χ4v) is 2.50. The van der Waals surface area contributed by atoms with Crippen LogP contribution in [-0.4, -0.2) is 43.8 Å². The zero-order chi connectivity index (χ0) is 13.7. The molecule has 0 saturated carbocycles. The molecule has 5 nitrogen and oxygen atoms in total. The van der Waals surface area contributed by atoms with Crippen molar-refractivity contribution in [3.8, 4) is 0 Å². The van der Waals surface area contributed by atoms with Crippen molar-refractivity contribution in [2.75, 3.05) is 44.1 Å². The number of hydrogen-bond acceptors (Lipinski definition) is 5. The minimum Gasteiger partial charge on any atom is -0.384 e. The summed E-state index contributed by atoms with van der Waals surface area (Å²) in [6.07, 6.45) is 3.21. The number of hydrogen-bond donors (Lipinski definition) is 1.